The van der Waals surface area contributed by atoms with Crippen molar-refractivity contribution in [3.63, 3.8) is 0 Å². The number of hydrogen-bond donors (Lipinski definition) is 1. The predicted molar refractivity (Wildman–Crippen MR) is 76.2 cm³/mol. The van der Waals surface area contributed by atoms with E-state index in [-0.39, 0.29) is 11.3 Å². The first kappa shape index (κ1) is 12.8. The van der Waals surface area contributed by atoms with Crippen LogP contribution in [0.25, 0.3) is 5.69 Å². The second-order valence-electron chi connectivity index (χ2n) is 4.04. The van der Waals surface area contributed by atoms with E-state index in [0.29, 0.717) is 16.9 Å². The van der Waals surface area contributed by atoms with Crippen LogP contribution < -0.4 is 5.73 Å². The van der Waals surface area contributed by atoms with Crippen molar-refractivity contribution in [3.8, 4) is 5.69 Å². The zero-order valence-electron chi connectivity index (χ0n) is 10.00. The Hall–Kier alpha value is -1.61. The monoisotopic (exact) mass is 257 g/mol. The molecule has 1 aromatic carbocycles. The smallest absolute Gasteiger partial charge is 0.159 e. The summed E-state index contributed by atoms with van der Waals surface area (Å²) in [6.45, 7) is 1.53. The van der Waals surface area contributed by atoms with Crippen LogP contribution in [0.15, 0.2) is 30.5 Å². The molecule has 2 aromatic rings. The highest BCUT2D eigenvalue weighted by Crippen LogP contribution is 2.24. The minimum atomic E-state index is -0.289. The Labute approximate surface area is 109 Å². The van der Waals surface area contributed by atoms with E-state index >= 15 is 0 Å². The Bertz CT molecular complexity index is 578. The number of nitrogen functional groups attached to an aromatic ring is 1. The molecular formula is C12H13BN3OP. The zero-order valence-corrected chi connectivity index (χ0v) is 11.2. The summed E-state index contributed by atoms with van der Waals surface area (Å²) in [5.74, 6) is 0.0363. The van der Waals surface area contributed by atoms with E-state index in [1.165, 1.54) is 6.92 Å². The van der Waals surface area contributed by atoms with Crippen molar-refractivity contribution >= 4 is 28.6 Å². The molecular weight excluding hydrogens is 244 g/mol. The lowest BCUT2D eigenvalue weighted by Gasteiger charge is -2.03. The minimum absolute atomic E-state index is 0.0363. The summed E-state index contributed by atoms with van der Waals surface area (Å²) >= 11 is 0. The van der Waals surface area contributed by atoms with E-state index in [0.717, 1.165) is 5.69 Å². The van der Waals surface area contributed by atoms with E-state index in [9.17, 15) is 4.79 Å². The van der Waals surface area contributed by atoms with Crippen molar-refractivity contribution in [1.29, 1.82) is 0 Å². The van der Waals surface area contributed by atoms with Crippen molar-refractivity contribution in [2.45, 2.75) is 12.5 Å². The summed E-state index contributed by atoms with van der Waals surface area (Å²) in [5.41, 5.74) is 8.23. The Balaban J connectivity index is 2.37. The van der Waals surface area contributed by atoms with Gasteiger partial charge in [-0.2, -0.15) is 5.10 Å². The molecule has 0 spiro atoms. The third-order valence-corrected chi connectivity index (χ3v) is 2.94. The first-order valence-corrected chi connectivity index (χ1v) is 6.13. The van der Waals surface area contributed by atoms with Gasteiger partial charge in [-0.3, -0.25) is 4.79 Å². The molecule has 0 aliphatic rings. The number of nitrogens with two attached hydrogens (primary N) is 1. The van der Waals surface area contributed by atoms with Gasteiger partial charge >= 0.3 is 0 Å². The number of rotatable bonds is 3. The van der Waals surface area contributed by atoms with Crippen LogP contribution >= 0.6 is 9.24 Å². The minimum Gasteiger partial charge on any atom is -0.396 e. The summed E-state index contributed by atoms with van der Waals surface area (Å²) in [6.07, 6.45) is 1.71. The number of Topliss-reactive ketones (excluding diaryl/α,β-unsaturated/α-hetero) is 1. The molecule has 0 saturated carbocycles. The van der Waals surface area contributed by atoms with E-state index < -0.39 is 0 Å². The van der Waals surface area contributed by atoms with Crippen molar-refractivity contribution in [2.75, 3.05) is 5.73 Å². The maximum Gasteiger partial charge on any atom is 0.159 e. The molecule has 2 rings (SSSR count). The Kier molecular flexibility index (Phi) is 3.53. The van der Waals surface area contributed by atoms with Gasteiger partial charge < -0.3 is 5.73 Å². The molecule has 90 valence electrons. The van der Waals surface area contributed by atoms with Gasteiger partial charge in [0.25, 0.3) is 0 Å². The highest BCUT2D eigenvalue weighted by atomic mass is 31.0. The normalized spacial score (nSPS) is 12.3. The van der Waals surface area contributed by atoms with Gasteiger partial charge in [0.1, 0.15) is 0 Å². The van der Waals surface area contributed by atoms with Gasteiger partial charge in [-0.05, 0) is 36.7 Å². The first-order chi connectivity index (χ1) is 8.49. The molecule has 4 nitrogen and oxygen atoms in total. The quantitative estimate of drug-likeness (QED) is 0.517. The van der Waals surface area contributed by atoms with E-state index in [2.05, 4.69) is 14.3 Å². The molecule has 0 amide bonds. The lowest BCUT2D eigenvalue weighted by atomic mass is 10.0. The fourth-order valence-electron chi connectivity index (χ4n) is 1.64. The second kappa shape index (κ2) is 4.95. The second-order valence-corrected chi connectivity index (χ2v) is 4.76. The number of carbonyl (C=O) groups excluding carboxylic acids is 1. The van der Waals surface area contributed by atoms with Crippen LogP contribution in [0.5, 0.6) is 0 Å². The van der Waals surface area contributed by atoms with Crippen LogP contribution in [-0.2, 0) is 0 Å². The molecule has 2 atom stereocenters. The number of benzene rings is 1. The van der Waals surface area contributed by atoms with Gasteiger partial charge in [0.2, 0.25) is 0 Å². The van der Waals surface area contributed by atoms with Crippen molar-refractivity contribution in [2.24, 2.45) is 0 Å². The summed E-state index contributed by atoms with van der Waals surface area (Å²) in [7, 11) is 8.19. The van der Waals surface area contributed by atoms with E-state index in [4.69, 9.17) is 13.6 Å². The SMILES string of the molecule is [B]C(P)c1nn(-c2ccc(C(C)=O)cc2)cc1N. The number of aromatic nitrogens is 2. The fraction of sp³-hybridized carbons (Fsp3) is 0.167. The maximum atomic E-state index is 11.2. The van der Waals surface area contributed by atoms with Crippen LogP contribution in [-0.4, -0.2) is 23.4 Å². The van der Waals surface area contributed by atoms with Gasteiger partial charge in [0.05, 0.1) is 31.1 Å². The van der Waals surface area contributed by atoms with Crippen molar-refractivity contribution in [3.05, 3.63) is 41.7 Å². The Morgan fingerprint density at radius 3 is 2.50 bits per heavy atom. The third-order valence-electron chi connectivity index (χ3n) is 2.63. The largest absolute Gasteiger partial charge is 0.396 e. The van der Waals surface area contributed by atoms with Gasteiger partial charge in [-0.25, -0.2) is 4.68 Å². The van der Waals surface area contributed by atoms with Crippen LogP contribution in [0, 0.1) is 0 Å². The topological polar surface area (TPSA) is 60.9 Å². The standard InChI is InChI=1S/C12H13BN3OP/c1-7(17)8-2-4-9(5-3-8)16-6-10(14)11(15-16)12(13)18/h2-6,12H,14,18H2,1H3. The number of hydrogen-bond acceptors (Lipinski definition) is 3. The van der Waals surface area contributed by atoms with Crippen LogP contribution in [0.1, 0.15) is 28.5 Å². The summed E-state index contributed by atoms with van der Waals surface area (Å²) in [5, 5.41) is 4.31. The molecule has 6 heteroatoms. The number of carbonyl (C=O) groups is 1. The Morgan fingerprint density at radius 1 is 1.44 bits per heavy atom. The molecule has 2 radical (unpaired) electrons. The van der Waals surface area contributed by atoms with Crippen molar-refractivity contribution < 1.29 is 4.79 Å². The Morgan fingerprint density at radius 2 is 2.06 bits per heavy atom. The molecule has 0 aliphatic heterocycles. The molecule has 0 saturated heterocycles. The zero-order chi connectivity index (χ0) is 13.3. The summed E-state index contributed by atoms with van der Waals surface area (Å²) in [4.78, 5) is 11.2. The average molecular weight is 257 g/mol. The molecule has 0 aliphatic carbocycles. The summed E-state index contributed by atoms with van der Waals surface area (Å²) < 4.78 is 1.65. The third kappa shape index (κ3) is 2.46. The fourth-order valence-corrected chi connectivity index (χ4v) is 1.90. The van der Waals surface area contributed by atoms with Crippen molar-refractivity contribution in [1.82, 2.24) is 9.78 Å². The molecule has 1 heterocycles. The van der Waals surface area contributed by atoms with E-state index in [1.807, 2.05) is 12.1 Å². The van der Waals surface area contributed by atoms with Crippen LogP contribution in [0.2, 0.25) is 0 Å². The molecule has 2 unspecified atom stereocenters. The van der Waals surface area contributed by atoms with Gasteiger partial charge in [0.15, 0.2) is 5.78 Å². The van der Waals surface area contributed by atoms with Gasteiger partial charge in [0, 0.05) is 5.56 Å². The van der Waals surface area contributed by atoms with Crippen LogP contribution in [0.4, 0.5) is 5.69 Å². The molecule has 0 fully saturated rings. The highest BCUT2D eigenvalue weighted by Gasteiger charge is 2.10. The highest BCUT2D eigenvalue weighted by molar-refractivity contribution is 7.20. The summed E-state index contributed by atoms with van der Waals surface area (Å²) in [6, 6.07) is 7.16. The van der Waals surface area contributed by atoms with Gasteiger partial charge in [-0.1, -0.05) is 0 Å². The molecule has 0 bridgehead atoms. The lowest BCUT2D eigenvalue weighted by Crippen LogP contribution is -1.99. The maximum absolute atomic E-state index is 11.2. The molecule has 2 N–H and O–H groups in total. The van der Waals surface area contributed by atoms with E-state index in [1.54, 1.807) is 23.0 Å². The number of anilines is 1. The lowest BCUT2D eigenvalue weighted by molar-refractivity contribution is 0.101. The van der Waals surface area contributed by atoms with Gasteiger partial charge in [-0.15, -0.1) is 9.24 Å². The predicted octanol–water partition coefficient (Wildman–Crippen LogP) is 1.70. The van der Waals surface area contributed by atoms with Crippen LogP contribution in [0.3, 0.4) is 0 Å². The number of ketones is 1. The first-order valence-electron chi connectivity index (χ1n) is 5.46. The average Bonchev–Trinajstić information content (AvgIpc) is 2.71. The molecule has 1 aromatic heterocycles. The number of nitrogens with zero attached hydrogens (tertiary/aromatic N) is 2. The molecule has 18 heavy (non-hydrogen) atoms.